The summed E-state index contributed by atoms with van der Waals surface area (Å²) in [7, 11) is 0. The Bertz CT molecular complexity index is 613. The van der Waals surface area contributed by atoms with Gasteiger partial charge in [0.15, 0.2) is 5.82 Å². The fourth-order valence-corrected chi connectivity index (χ4v) is 2.36. The maximum Gasteiger partial charge on any atom is 0.307 e. The Labute approximate surface area is 120 Å². The predicted molar refractivity (Wildman–Crippen MR) is 72.7 cm³/mol. The molecular formula is C15H15F2NO3. The summed E-state index contributed by atoms with van der Waals surface area (Å²) in [5.41, 5.74) is -0.330. The Morgan fingerprint density at radius 2 is 1.81 bits per heavy atom. The molecular weight excluding hydrogens is 280 g/mol. The van der Waals surface area contributed by atoms with Crippen LogP contribution in [0, 0.1) is 30.4 Å². The zero-order chi connectivity index (χ0) is 15.6. The number of carboxylic acids is 1. The van der Waals surface area contributed by atoms with Crippen molar-refractivity contribution in [1.29, 1.82) is 0 Å². The molecule has 2 rings (SSSR count). The Balaban J connectivity index is 2.24. The summed E-state index contributed by atoms with van der Waals surface area (Å²) in [5.74, 6) is -5.23. The van der Waals surface area contributed by atoms with E-state index in [4.69, 9.17) is 5.11 Å². The molecule has 1 aromatic rings. The van der Waals surface area contributed by atoms with Crippen LogP contribution in [0.2, 0.25) is 0 Å². The fourth-order valence-electron chi connectivity index (χ4n) is 2.36. The number of anilines is 1. The highest BCUT2D eigenvalue weighted by Crippen LogP contribution is 2.29. The van der Waals surface area contributed by atoms with Crippen LogP contribution in [0.15, 0.2) is 24.3 Å². The minimum absolute atomic E-state index is 0.199. The standard InChI is InChI=1S/C15H15F2NO3/c1-8-6-7-11(16)13(12(8)17)18-14(19)9-4-2-3-5-10(9)15(20)21/h2-3,6-7,9-10H,4-5H2,1H3,(H,18,19)(H,20,21). The van der Waals surface area contributed by atoms with Gasteiger partial charge in [-0.25, -0.2) is 8.78 Å². The zero-order valence-electron chi connectivity index (χ0n) is 11.4. The van der Waals surface area contributed by atoms with E-state index >= 15 is 0 Å². The van der Waals surface area contributed by atoms with Crippen molar-refractivity contribution in [1.82, 2.24) is 0 Å². The zero-order valence-corrected chi connectivity index (χ0v) is 11.4. The smallest absolute Gasteiger partial charge is 0.307 e. The topological polar surface area (TPSA) is 66.4 Å². The summed E-state index contributed by atoms with van der Waals surface area (Å²) in [6.45, 7) is 1.45. The molecule has 4 nitrogen and oxygen atoms in total. The van der Waals surface area contributed by atoms with Gasteiger partial charge >= 0.3 is 5.97 Å². The summed E-state index contributed by atoms with van der Waals surface area (Å²) in [5, 5.41) is 11.3. The Hall–Kier alpha value is -2.24. The maximum absolute atomic E-state index is 13.9. The molecule has 0 aromatic heterocycles. The summed E-state index contributed by atoms with van der Waals surface area (Å²) in [4.78, 5) is 23.3. The Morgan fingerprint density at radius 3 is 2.43 bits per heavy atom. The summed E-state index contributed by atoms with van der Waals surface area (Å²) < 4.78 is 27.5. The van der Waals surface area contributed by atoms with E-state index in [1.807, 2.05) is 0 Å². The molecule has 112 valence electrons. The highest BCUT2D eigenvalue weighted by Gasteiger charge is 2.34. The van der Waals surface area contributed by atoms with Gasteiger partial charge < -0.3 is 10.4 Å². The predicted octanol–water partition coefficient (Wildman–Crippen LogP) is 2.88. The number of aliphatic carboxylic acids is 1. The van der Waals surface area contributed by atoms with Crippen LogP contribution >= 0.6 is 0 Å². The monoisotopic (exact) mass is 295 g/mol. The summed E-state index contributed by atoms with van der Waals surface area (Å²) in [6, 6.07) is 2.33. The first-order valence-corrected chi connectivity index (χ1v) is 6.55. The van der Waals surface area contributed by atoms with Crippen LogP contribution in [-0.2, 0) is 9.59 Å². The highest BCUT2D eigenvalue weighted by atomic mass is 19.1. The highest BCUT2D eigenvalue weighted by molar-refractivity contribution is 5.95. The number of rotatable bonds is 3. The lowest BCUT2D eigenvalue weighted by Crippen LogP contribution is -2.35. The molecule has 0 saturated heterocycles. The minimum atomic E-state index is -1.09. The number of carbonyl (C=O) groups is 2. The second-order valence-electron chi connectivity index (χ2n) is 5.04. The summed E-state index contributed by atoms with van der Waals surface area (Å²) in [6.07, 6.45) is 3.85. The van der Waals surface area contributed by atoms with Gasteiger partial charge in [-0.3, -0.25) is 9.59 Å². The third kappa shape index (κ3) is 3.09. The molecule has 6 heteroatoms. The molecule has 0 heterocycles. The number of nitrogens with one attached hydrogen (secondary N) is 1. The lowest BCUT2D eigenvalue weighted by atomic mass is 9.82. The third-order valence-corrected chi connectivity index (χ3v) is 3.62. The van der Waals surface area contributed by atoms with Crippen LogP contribution in [0.25, 0.3) is 0 Å². The third-order valence-electron chi connectivity index (χ3n) is 3.62. The van der Waals surface area contributed by atoms with Crippen molar-refractivity contribution < 1.29 is 23.5 Å². The molecule has 1 amide bonds. The van der Waals surface area contributed by atoms with Crippen molar-refractivity contribution in [2.75, 3.05) is 5.32 Å². The first kappa shape index (κ1) is 15.2. The number of amides is 1. The molecule has 0 fully saturated rings. The van der Waals surface area contributed by atoms with Crippen LogP contribution in [0.3, 0.4) is 0 Å². The van der Waals surface area contributed by atoms with Crippen molar-refractivity contribution in [3.8, 4) is 0 Å². The van der Waals surface area contributed by atoms with Gasteiger partial charge in [0.05, 0.1) is 11.8 Å². The van der Waals surface area contributed by atoms with Crippen molar-refractivity contribution in [2.45, 2.75) is 19.8 Å². The molecule has 0 radical (unpaired) electrons. The van der Waals surface area contributed by atoms with Gasteiger partial charge in [0.2, 0.25) is 5.91 Å². The van der Waals surface area contributed by atoms with E-state index in [0.29, 0.717) is 0 Å². The van der Waals surface area contributed by atoms with E-state index < -0.39 is 41.0 Å². The second-order valence-corrected chi connectivity index (χ2v) is 5.04. The van der Waals surface area contributed by atoms with E-state index in [1.165, 1.54) is 13.0 Å². The van der Waals surface area contributed by atoms with Crippen molar-refractivity contribution in [3.05, 3.63) is 41.5 Å². The molecule has 2 N–H and O–H groups in total. The van der Waals surface area contributed by atoms with E-state index in [9.17, 15) is 18.4 Å². The molecule has 1 aliphatic rings. The van der Waals surface area contributed by atoms with Gasteiger partial charge in [0.25, 0.3) is 0 Å². The molecule has 0 aliphatic heterocycles. The van der Waals surface area contributed by atoms with Crippen LogP contribution in [0.1, 0.15) is 18.4 Å². The van der Waals surface area contributed by atoms with Crippen LogP contribution in [-0.4, -0.2) is 17.0 Å². The molecule has 0 bridgehead atoms. The van der Waals surface area contributed by atoms with Crippen molar-refractivity contribution in [2.24, 2.45) is 11.8 Å². The second kappa shape index (κ2) is 6.03. The quantitative estimate of drug-likeness (QED) is 0.843. The molecule has 2 atom stereocenters. The van der Waals surface area contributed by atoms with Gasteiger partial charge in [-0.05, 0) is 31.4 Å². The molecule has 1 aliphatic carbocycles. The van der Waals surface area contributed by atoms with E-state index in [-0.39, 0.29) is 18.4 Å². The first-order valence-electron chi connectivity index (χ1n) is 6.55. The van der Waals surface area contributed by atoms with Crippen molar-refractivity contribution in [3.63, 3.8) is 0 Å². The number of hydrogen-bond donors (Lipinski definition) is 2. The average molecular weight is 295 g/mol. The number of benzene rings is 1. The number of allylic oxidation sites excluding steroid dienone is 2. The van der Waals surface area contributed by atoms with Crippen molar-refractivity contribution >= 4 is 17.6 Å². The number of halogens is 2. The average Bonchev–Trinajstić information content (AvgIpc) is 2.47. The SMILES string of the molecule is Cc1ccc(F)c(NC(=O)C2CC=CCC2C(=O)O)c1F. The van der Waals surface area contributed by atoms with Crippen LogP contribution in [0.4, 0.5) is 14.5 Å². The Morgan fingerprint density at radius 1 is 1.19 bits per heavy atom. The van der Waals surface area contributed by atoms with Crippen LogP contribution < -0.4 is 5.32 Å². The normalized spacial score (nSPS) is 21.1. The molecule has 1 aromatic carbocycles. The van der Waals surface area contributed by atoms with Gasteiger partial charge in [0.1, 0.15) is 11.5 Å². The maximum atomic E-state index is 13.9. The molecule has 0 spiro atoms. The fraction of sp³-hybridized carbons (Fsp3) is 0.333. The lowest BCUT2D eigenvalue weighted by Gasteiger charge is -2.24. The van der Waals surface area contributed by atoms with Gasteiger partial charge in [0, 0.05) is 0 Å². The number of hydrogen-bond acceptors (Lipinski definition) is 2. The van der Waals surface area contributed by atoms with E-state index in [0.717, 1.165) is 6.07 Å². The molecule has 2 unspecified atom stereocenters. The minimum Gasteiger partial charge on any atom is -0.481 e. The first-order chi connectivity index (χ1) is 9.91. The largest absolute Gasteiger partial charge is 0.481 e. The number of carbonyl (C=O) groups excluding carboxylic acids is 1. The summed E-state index contributed by atoms with van der Waals surface area (Å²) >= 11 is 0. The van der Waals surface area contributed by atoms with Gasteiger partial charge in [-0.15, -0.1) is 0 Å². The van der Waals surface area contributed by atoms with Gasteiger partial charge in [-0.2, -0.15) is 0 Å². The Kier molecular flexibility index (Phi) is 4.35. The molecule has 0 saturated carbocycles. The molecule has 21 heavy (non-hydrogen) atoms. The number of aryl methyl sites for hydroxylation is 1. The van der Waals surface area contributed by atoms with E-state index in [2.05, 4.69) is 5.32 Å². The number of carboxylic acid groups (broad SMARTS) is 1. The van der Waals surface area contributed by atoms with Gasteiger partial charge in [-0.1, -0.05) is 18.2 Å². The van der Waals surface area contributed by atoms with E-state index in [1.54, 1.807) is 12.2 Å². The van der Waals surface area contributed by atoms with Crippen LogP contribution in [0.5, 0.6) is 0 Å². The lowest BCUT2D eigenvalue weighted by molar-refractivity contribution is -0.146.